The molecule has 0 aromatic heterocycles. The van der Waals surface area contributed by atoms with Crippen molar-refractivity contribution in [3.05, 3.63) is 11.6 Å². The van der Waals surface area contributed by atoms with Crippen LogP contribution in [0.3, 0.4) is 0 Å². The van der Waals surface area contributed by atoms with Crippen molar-refractivity contribution < 1.29 is 14.3 Å². The number of carbonyl (C=O) groups excluding carboxylic acids is 2. The first-order valence-electron chi connectivity index (χ1n) is 6.31. The van der Waals surface area contributed by atoms with Gasteiger partial charge in [0, 0.05) is 17.4 Å². The molecule has 0 amide bonds. The topological polar surface area (TPSA) is 43.4 Å². The number of esters is 1. The molecule has 0 aromatic carbocycles. The predicted octanol–water partition coefficient (Wildman–Crippen LogP) is 2.50. The highest BCUT2D eigenvalue weighted by Gasteiger charge is 2.49. The predicted molar refractivity (Wildman–Crippen MR) is 64.3 cm³/mol. The second-order valence-corrected chi connectivity index (χ2v) is 5.56. The van der Waals surface area contributed by atoms with Gasteiger partial charge in [0.1, 0.15) is 5.78 Å². The molecule has 2 rings (SSSR count). The van der Waals surface area contributed by atoms with Crippen LogP contribution in [0.25, 0.3) is 0 Å². The summed E-state index contributed by atoms with van der Waals surface area (Å²) in [7, 11) is 1.37. The van der Waals surface area contributed by atoms with Crippen molar-refractivity contribution in [2.45, 2.75) is 39.5 Å². The molecular weight excluding hydrogens is 216 g/mol. The zero-order valence-electron chi connectivity index (χ0n) is 10.8. The number of allylic oxidation sites excluding steroid dienone is 1. The number of hydrogen-bond acceptors (Lipinski definition) is 3. The van der Waals surface area contributed by atoms with Gasteiger partial charge in [-0.2, -0.15) is 0 Å². The van der Waals surface area contributed by atoms with E-state index in [0.717, 1.165) is 31.3 Å². The highest BCUT2D eigenvalue weighted by atomic mass is 16.5. The van der Waals surface area contributed by atoms with Gasteiger partial charge in [-0.1, -0.05) is 19.4 Å². The van der Waals surface area contributed by atoms with E-state index in [4.69, 9.17) is 0 Å². The van der Waals surface area contributed by atoms with E-state index in [0.29, 0.717) is 11.7 Å². The Bertz CT molecular complexity index is 383. The molecule has 2 aliphatic carbocycles. The van der Waals surface area contributed by atoms with Crippen molar-refractivity contribution in [2.24, 2.45) is 17.3 Å². The molecule has 17 heavy (non-hydrogen) atoms. The first kappa shape index (κ1) is 12.3. The van der Waals surface area contributed by atoms with E-state index in [-0.39, 0.29) is 17.3 Å². The number of rotatable bonds is 1. The van der Waals surface area contributed by atoms with Gasteiger partial charge in [-0.05, 0) is 31.6 Å². The third-order valence-corrected chi connectivity index (χ3v) is 4.74. The minimum atomic E-state index is -0.338. The van der Waals surface area contributed by atoms with Crippen molar-refractivity contribution in [3.8, 4) is 0 Å². The summed E-state index contributed by atoms with van der Waals surface area (Å²) < 4.78 is 4.65. The molecule has 2 fully saturated rings. The molecule has 0 aromatic rings. The molecule has 2 aliphatic rings. The summed E-state index contributed by atoms with van der Waals surface area (Å²) in [5.74, 6) is 0.419. The molecule has 2 bridgehead atoms. The van der Waals surface area contributed by atoms with Crippen LogP contribution in [0.1, 0.15) is 39.5 Å². The normalized spacial score (nSPS) is 39.2. The molecule has 0 radical (unpaired) electrons. The molecule has 3 nitrogen and oxygen atoms in total. The van der Waals surface area contributed by atoms with E-state index in [2.05, 4.69) is 18.6 Å². The largest absolute Gasteiger partial charge is 0.466 e. The van der Waals surface area contributed by atoms with Gasteiger partial charge in [-0.15, -0.1) is 0 Å². The van der Waals surface area contributed by atoms with Gasteiger partial charge >= 0.3 is 5.97 Å². The number of carbonyl (C=O) groups is 2. The lowest BCUT2D eigenvalue weighted by Gasteiger charge is -2.46. The number of ether oxygens (including phenoxy) is 1. The highest BCUT2D eigenvalue weighted by molar-refractivity contribution is 5.93. The summed E-state index contributed by atoms with van der Waals surface area (Å²) >= 11 is 0. The van der Waals surface area contributed by atoms with Gasteiger partial charge in [-0.3, -0.25) is 4.79 Å². The van der Waals surface area contributed by atoms with Crippen LogP contribution in [0.4, 0.5) is 0 Å². The van der Waals surface area contributed by atoms with E-state index in [1.807, 2.05) is 0 Å². The molecule has 3 heteroatoms. The van der Waals surface area contributed by atoms with E-state index in [9.17, 15) is 9.59 Å². The van der Waals surface area contributed by atoms with Gasteiger partial charge in [0.25, 0.3) is 0 Å². The Hall–Kier alpha value is -1.12. The smallest absolute Gasteiger partial charge is 0.330 e. The fourth-order valence-corrected chi connectivity index (χ4v) is 3.19. The first-order valence-corrected chi connectivity index (χ1v) is 6.31. The zero-order valence-corrected chi connectivity index (χ0v) is 10.8. The first-order chi connectivity index (χ1) is 7.99. The molecule has 3 atom stereocenters. The van der Waals surface area contributed by atoms with Gasteiger partial charge in [0.15, 0.2) is 0 Å². The van der Waals surface area contributed by atoms with Gasteiger partial charge in [0.05, 0.1) is 7.11 Å². The molecular formula is C14H20O3. The summed E-state index contributed by atoms with van der Waals surface area (Å²) in [5, 5.41) is 0. The number of methoxy groups -OCH3 is 1. The number of fused-ring (bicyclic) bond motifs is 2. The lowest BCUT2D eigenvalue weighted by Crippen LogP contribution is -2.47. The summed E-state index contributed by atoms with van der Waals surface area (Å²) in [6.07, 6.45) is 5.21. The summed E-state index contributed by atoms with van der Waals surface area (Å²) in [6.45, 7) is 4.25. The molecule has 0 N–H and O–H groups in total. The lowest BCUT2D eigenvalue weighted by molar-refractivity contribution is -0.140. The van der Waals surface area contributed by atoms with E-state index < -0.39 is 0 Å². The van der Waals surface area contributed by atoms with Crippen LogP contribution in [0.15, 0.2) is 11.6 Å². The van der Waals surface area contributed by atoms with E-state index >= 15 is 0 Å². The Kier molecular flexibility index (Phi) is 3.11. The number of ketones is 1. The van der Waals surface area contributed by atoms with Crippen LogP contribution in [-0.4, -0.2) is 18.9 Å². The Balaban J connectivity index is 2.27. The van der Waals surface area contributed by atoms with Gasteiger partial charge in [-0.25, -0.2) is 4.79 Å². The van der Waals surface area contributed by atoms with Crippen LogP contribution in [0.5, 0.6) is 0 Å². The molecule has 94 valence electrons. The van der Waals surface area contributed by atoms with Gasteiger partial charge in [0.2, 0.25) is 0 Å². The summed E-state index contributed by atoms with van der Waals surface area (Å²) in [4.78, 5) is 23.7. The monoisotopic (exact) mass is 236 g/mol. The highest BCUT2D eigenvalue weighted by Crippen LogP contribution is 2.50. The van der Waals surface area contributed by atoms with Crippen molar-refractivity contribution in [3.63, 3.8) is 0 Å². The zero-order chi connectivity index (χ0) is 12.6. The second kappa shape index (κ2) is 4.28. The molecule has 0 saturated heterocycles. The molecule has 0 aliphatic heterocycles. The Labute approximate surface area is 102 Å². The van der Waals surface area contributed by atoms with Crippen molar-refractivity contribution in [2.75, 3.05) is 7.11 Å². The summed E-state index contributed by atoms with van der Waals surface area (Å²) in [6, 6.07) is 0. The third-order valence-electron chi connectivity index (χ3n) is 4.74. The van der Waals surface area contributed by atoms with Crippen molar-refractivity contribution in [1.29, 1.82) is 0 Å². The fraction of sp³-hybridized carbons (Fsp3) is 0.714. The number of Topliss-reactive ketones (excluding diaryl/α,β-unsaturated/α-hetero) is 1. The molecule has 2 saturated carbocycles. The standard InChI is InChI=1S/C14H20O3/c1-9-4-5-11-10(8-12(15)17-3)6-7-14(9,2)13(11)16/h8-9,11H,4-7H2,1-3H3/b10-8+/t9-,11+,14+/m1/s1. The minimum Gasteiger partial charge on any atom is -0.466 e. The lowest BCUT2D eigenvalue weighted by atomic mass is 9.56. The fourth-order valence-electron chi connectivity index (χ4n) is 3.19. The quantitative estimate of drug-likeness (QED) is 0.519. The van der Waals surface area contributed by atoms with Crippen LogP contribution >= 0.6 is 0 Å². The molecule has 0 spiro atoms. The Morgan fingerprint density at radius 2 is 2.18 bits per heavy atom. The second-order valence-electron chi connectivity index (χ2n) is 5.56. The maximum absolute atomic E-state index is 12.4. The average Bonchev–Trinajstić information content (AvgIpc) is 2.31. The maximum Gasteiger partial charge on any atom is 0.330 e. The summed E-state index contributed by atoms with van der Waals surface area (Å²) in [5.41, 5.74) is 0.808. The van der Waals surface area contributed by atoms with Crippen LogP contribution in [0, 0.1) is 17.3 Å². The number of hydrogen-bond donors (Lipinski definition) is 0. The molecule has 0 unspecified atom stereocenters. The maximum atomic E-state index is 12.4. The van der Waals surface area contributed by atoms with Gasteiger partial charge < -0.3 is 4.74 Å². The van der Waals surface area contributed by atoms with Crippen LogP contribution < -0.4 is 0 Å². The molecule has 0 heterocycles. The average molecular weight is 236 g/mol. The third kappa shape index (κ3) is 1.92. The van der Waals surface area contributed by atoms with E-state index in [1.54, 1.807) is 0 Å². The Morgan fingerprint density at radius 1 is 1.47 bits per heavy atom. The van der Waals surface area contributed by atoms with E-state index in [1.165, 1.54) is 13.2 Å². The van der Waals surface area contributed by atoms with Crippen LogP contribution in [-0.2, 0) is 14.3 Å². The Morgan fingerprint density at radius 3 is 2.82 bits per heavy atom. The minimum absolute atomic E-state index is 0.0379. The SMILES string of the molecule is COC(=O)/C=C1\CC[C@]2(C)C(=O)[C@H]1CC[C@H]2C. The van der Waals surface area contributed by atoms with Crippen molar-refractivity contribution >= 4 is 11.8 Å². The van der Waals surface area contributed by atoms with Crippen molar-refractivity contribution in [1.82, 2.24) is 0 Å². The van der Waals surface area contributed by atoms with Crippen LogP contribution in [0.2, 0.25) is 0 Å².